The second kappa shape index (κ2) is 6.93. The molecule has 5 heteroatoms. The van der Waals surface area contributed by atoms with Crippen molar-refractivity contribution >= 4 is 11.9 Å². The SMILES string of the molecule is CCCNc1nc(C)cc(C(=O)N(CC)CC)n1. The number of amides is 1. The number of nitrogens with zero attached hydrogens (tertiary/aromatic N) is 3. The molecule has 1 N–H and O–H groups in total. The largest absolute Gasteiger partial charge is 0.354 e. The van der Waals surface area contributed by atoms with E-state index >= 15 is 0 Å². The minimum Gasteiger partial charge on any atom is -0.354 e. The maximum atomic E-state index is 12.2. The van der Waals surface area contributed by atoms with Crippen molar-refractivity contribution in [1.82, 2.24) is 14.9 Å². The van der Waals surface area contributed by atoms with Crippen LogP contribution in [0.15, 0.2) is 6.07 Å². The van der Waals surface area contributed by atoms with Crippen molar-refractivity contribution < 1.29 is 4.79 Å². The third kappa shape index (κ3) is 3.68. The van der Waals surface area contributed by atoms with Crippen LogP contribution in [0.3, 0.4) is 0 Å². The molecule has 5 nitrogen and oxygen atoms in total. The Kier molecular flexibility index (Phi) is 5.55. The summed E-state index contributed by atoms with van der Waals surface area (Å²) >= 11 is 0. The van der Waals surface area contributed by atoms with Crippen molar-refractivity contribution in [3.63, 3.8) is 0 Å². The van der Waals surface area contributed by atoms with Crippen molar-refractivity contribution in [1.29, 1.82) is 0 Å². The lowest BCUT2D eigenvalue weighted by Gasteiger charge is -2.18. The van der Waals surface area contributed by atoms with Gasteiger partial charge in [-0.25, -0.2) is 9.97 Å². The van der Waals surface area contributed by atoms with E-state index in [9.17, 15) is 4.79 Å². The normalized spacial score (nSPS) is 10.2. The van der Waals surface area contributed by atoms with Crippen LogP contribution >= 0.6 is 0 Å². The Morgan fingerprint density at radius 1 is 1.28 bits per heavy atom. The smallest absolute Gasteiger partial charge is 0.272 e. The number of nitrogens with one attached hydrogen (secondary N) is 1. The quantitative estimate of drug-likeness (QED) is 0.840. The van der Waals surface area contributed by atoms with Gasteiger partial charge in [0.15, 0.2) is 0 Å². The number of hydrogen-bond donors (Lipinski definition) is 1. The Balaban J connectivity index is 2.94. The summed E-state index contributed by atoms with van der Waals surface area (Å²) in [6.45, 7) is 10.1. The van der Waals surface area contributed by atoms with Gasteiger partial charge in [-0.3, -0.25) is 4.79 Å². The maximum Gasteiger partial charge on any atom is 0.272 e. The summed E-state index contributed by atoms with van der Waals surface area (Å²) in [5, 5.41) is 3.11. The van der Waals surface area contributed by atoms with Gasteiger partial charge in [0, 0.05) is 25.3 Å². The van der Waals surface area contributed by atoms with Crippen LogP contribution < -0.4 is 5.32 Å². The zero-order valence-electron chi connectivity index (χ0n) is 11.7. The fourth-order valence-corrected chi connectivity index (χ4v) is 1.67. The van der Waals surface area contributed by atoms with E-state index in [0.29, 0.717) is 24.7 Å². The number of anilines is 1. The van der Waals surface area contributed by atoms with Crippen LogP contribution in [-0.4, -0.2) is 40.4 Å². The molecule has 0 radical (unpaired) electrons. The van der Waals surface area contributed by atoms with Crippen molar-refractivity contribution in [2.24, 2.45) is 0 Å². The van der Waals surface area contributed by atoms with E-state index in [1.165, 1.54) is 0 Å². The molecule has 0 atom stereocenters. The molecule has 0 aliphatic rings. The number of aromatic nitrogens is 2. The molecule has 1 aromatic heterocycles. The third-order valence-corrected chi connectivity index (χ3v) is 2.66. The molecular formula is C13H22N4O. The van der Waals surface area contributed by atoms with Crippen LogP contribution in [0.4, 0.5) is 5.95 Å². The van der Waals surface area contributed by atoms with Crippen LogP contribution in [0.25, 0.3) is 0 Å². The summed E-state index contributed by atoms with van der Waals surface area (Å²) in [5.74, 6) is 0.498. The molecule has 0 saturated carbocycles. The molecule has 18 heavy (non-hydrogen) atoms. The second-order valence-electron chi connectivity index (χ2n) is 4.12. The van der Waals surface area contributed by atoms with Gasteiger partial charge in [0.25, 0.3) is 5.91 Å². The summed E-state index contributed by atoms with van der Waals surface area (Å²) in [7, 11) is 0. The van der Waals surface area contributed by atoms with Crippen LogP contribution in [0, 0.1) is 6.92 Å². The van der Waals surface area contributed by atoms with E-state index in [4.69, 9.17) is 0 Å². The highest BCUT2D eigenvalue weighted by atomic mass is 16.2. The van der Waals surface area contributed by atoms with Crippen molar-refractivity contribution in [3.05, 3.63) is 17.5 Å². The Labute approximate surface area is 109 Å². The van der Waals surface area contributed by atoms with Gasteiger partial charge in [-0.05, 0) is 33.3 Å². The average Bonchev–Trinajstić information content (AvgIpc) is 2.37. The van der Waals surface area contributed by atoms with Crippen LogP contribution in [-0.2, 0) is 0 Å². The highest BCUT2D eigenvalue weighted by molar-refractivity contribution is 5.92. The zero-order valence-corrected chi connectivity index (χ0v) is 11.7. The van der Waals surface area contributed by atoms with Gasteiger partial charge in [-0.15, -0.1) is 0 Å². The number of carbonyl (C=O) groups is 1. The summed E-state index contributed by atoms with van der Waals surface area (Å²) in [5.41, 5.74) is 1.27. The second-order valence-corrected chi connectivity index (χ2v) is 4.12. The highest BCUT2D eigenvalue weighted by Gasteiger charge is 2.15. The van der Waals surface area contributed by atoms with Gasteiger partial charge in [-0.1, -0.05) is 6.92 Å². The number of hydrogen-bond acceptors (Lipinski definition) is 4. The van der Waals surface area contributed by atoms with Gasteiger partial charge in [0.1, 0.15) is 5.69 Å². The van der Waals surface area contributed by atoms with E-state index in [-0.39, 0.29) is 5.91 Å². The van der Waals surface area contributed by atoms with Crippen LogP contribution in [0.5, 0.6) is 0 Å². The number of rotatable bonds is 6. The molecule has 1 rings (SSSR count). The van der Waals surface area contributed by atoms with E-state index in [1.54, 1.807) is 11.0 Å². The molecule has 1 heterocycles. The lowest BCUT2D eigenvalue weighted by molar-refractivity contribution is 0.0767. The predicted octanol–water partition coefficient (Wildman–Crippen LogP) is 2.09. The lowest BCUT2D eigenvalue weighted by Crippen LogP contribution is -2.31. The molecular weight excluding hydrogens is 228 g/mol. The zero-order chi connectivity index (χ0) is 13.5. The molecule has 100 valence electrons. The Morgan fingerprint density at radius 3 is 2.50 bits per heavy atom. The minimum absolute atomic E-state index is 0.0370. The monoisotopic (exact) mass is 250 g/mol. The highest BCUT2D eigenvalue weighted by Crippen LogP contribution is 2.08. The summed E-state index contributed by atoms with van der Waals surface area (Å²) in [6.07, 6.45) is 0.997. The fourth-order valence-electron chi connectivity index (χ4n) is 1.67. The Bertz CT molecular complexity index is 402. The van der Waals surface area contributed by atoms with Gasteiger partial charge in [0.05, 0.1) is 0 Å². The first-order valence-corrected chi connectivity index (χ1v) is 6.51. The van der Waals surface area contributed by atoms with E-state index in [1.807, 2.05) is 20.8 Å². The van der Waals surface area contributed by atoms with Gasteiger partial charge < -0.3 is 10.2 Å². The Hall–Kier alpha value is -1.65. The number of carbonyl (C=O) groups excluding carboxylic acids is 1. The molecule has 0 aromatic carbocycles. The van der Waals surface area contributed by atoms with E-state index < -0.39 is 0 Å². The summed E-state index contributed by atoms with van der Waals surface area (Å²) < 4.78 is 0. The minimum atomic E-state index is -0.0370. The first-order valence-electron chi connectivity index (χ1n) is 6.51. The van der Waals surface area contributed by atoms with Gasteiger partial charge in [-0.2, -0.15) is 0 Å². The first-order chi connectivity index (χ1) is 8.62. The standard InChI is InChI=1S/C13H22N4O/c1-5-8-14-13-15-10(4)9-11(16-13)12(18)17(6-2)7-3/h9H,5-8H2,1-4H3,(H,14,15,16). The lowest BCUT2D eigenvalue weighted by atomic mass is 10.3. The predicted molar refractivity (Wildman–Crippen MR) is 72.8 cm³/mol. The third-order valence-electron chi connectivity index (χ3n) is 2.66. The first kappa shape index (κ1) is 14.4. The molecule has 0 bridgehead atoms. The fraction of sp³-hybridized carbons (Fsp3) is 0.615. The Morgan fingerprint density at radius 2 is 1.94 bits per heavy atom. The average molecular weight is 250 g/mol. The van der Waals surface area contributed by atoms with E-state index in [2.05, 4.69) is 22.2 Å². The summed E-state index contributed by atoms with van der Waals surface area (Å²) in [6, 6.07) is 1.73. The van der Waals surface area contributed by atoms with E-state index in [0.717, 1.165) is 18.7 Å². The van der Waals surface area contributed by atoms with Crippen LogP contribution in [0.2, 0.25) is 0 Å². The molecule has 1 aromatic rings. The van der Waals surface area contributed by atoms with Crippen molar-refractivity contribution in [3.8, 4) is 0 Å². The van der Waals surface area contributed by atoms with Gasteiger partial charge in [0.2, 0.25) is 5.95 Å². The molecule has 0 fully saturated rings. The molecule has 0 aliphatic carbocycles. The topological polar surface area (TPSA) is 58.1 Å². The molecule has 0 unspecified atom stereocenters. The molecule has 0 saturated heterocycles. The van der Waals surface area contributed by atoms with Crippen LogP contribution in [0.1, 0.15) is 43.4 Å². The number of aryl methyl sites for hydroxylation is 1. The van der Waals surface area contributed by atoms with Crippen molar-refractivity contribution in [2.45, 2.75) is 34.1 Å². The summed E-state index contributed by atoms with van der Waals surface area (Å²) in [4.78, 5) is 22.5. The maximum absolute atomic E-state index is 12.2. The molecule has 1 amide bonds. The van der Waals surface area contributed by atoms with Crippen molar-refractivity contribution in [2.75, 3.05) is 25.0 Å². The molecule has 0 spiro atoms. The van der Waals surface area contributed by atoms with Gasteiger partial charge >= 0.3 is 0 Å². The molecule has 0 aliphatic heterocycles.